The van der Waals surface area contributed by atoms with E-state index in [0.29, 0.717) is 27.9 Å². The number of nitrogens with one attached hydrogen (secondary N) is 3. The average molecular weight is 1010 g/mol. The van der Waals surface area contributed by atoms with Crippen molar-refractivity contribution in [2.75, 3.05) is 32.7 Å². The molecule has 4 amide bonds. The summed E-state index contributed by atoms with van der Waals surface area (Å²) in [6, 6.07) is 21.4. The van der Waals surface area contributed by atoms with Crippen LogP contribution in [0, 0.1) is 34.5 Å². The zero-order valence-electron chi connectivity index (χ0n) is 42.4. The van der Waals surface area contributed by atoms with Crippen molar-refractivity contribution in [1.29, 1.82) is 5.26 Å². The number of nitriles is 1. The van der Waals surface area contributed by atoms with Crippen LogP contribution in [0.4, 0.5) is 0 Å². The van der Waals surface area contributed by atoms with Crippen LogP contribution < -0.4 is 20.7 Å². The van der Waals surface area contributed by atoms with Crippen LogP contribution in [0.25, 0.3) is 10.4 Å². The molecule has 14 nitrogen and oxygen atoms in total. The predicted octanol–water partition coefficient (Wildman–Crippen LogP) is 7.32. The summed E-state index contributed by atoms with van der Waals surface area (Å²) in [7, 11) is 0. The van der Waals surface area contributed by atoms with Crippen LogP contribution in [-0.4, -0.2) is 124 Å². The molecule has 4 aromatic rings. The number of fused-ring (bicyclic) bond motifs is 2. The van der Waals surface area contributed by atoms with Gasteiger partial charge in [-0.25, -0.2) is 4.98 Å². The van der Waals surface area contributed by atoms with Crippen molar-refractivity contribution in [3.63, 3.8) is 0 Å². The summed E-state index contributed by atoms with van der Waals surface area (Å²) < 4.78 is 6.39. The number of β-amino-alcohol motifs (C(OH)–C–C–N with tert-alkyl or cyclic N) is 1. The molecule has 4 fully saturated rings. The Kier molecular flexibility index (Phi) is 15.1. The van der Waals surface area contributed by atoms with Crippen molar-refractivity contribution < 1.29 is 29.0 Å². The number of likely N-dealkylation sites (tertiary alicyclic amines) is 3. The lowest BCUT2D eigenvalue weighted by Crippen LogP contribution is -2.74. The molecule has 1 unspecified atom stereocenters. The van der Waals surface area contributed by atoms with E-state index in [1.54, 1.807) is 29.5 Å². The average Bonchev–Trinajstić information content (AvgIpc) is 4.13. The van der Waals surface area contributed by atoms with E-state index >= 15 is 0 Å². The Hall–Kier alpha value is -5.37. The van der Waals surface area contributed by atoms with E-state index in [1.165, 1.54) is 10.5 Å². The highest BCUT2D eigenvalue weighted by Gasteiger charge is 2.64. The van der Waals surface area contributed by atoms with Gasteiger partial charge in [0.15, 0.2) is 0 Å². The number of thiazole rings is 1. The van der Waals surface area contributed by atoms with Gasteiger partial charge in [-0.15, -0.1) is 11.3 Å². The maximum absolute atomic E-state index is 14.3. The van der Waals surface area contributed by atoms with Gasteiger partial charge in [0.25, 0.3) is 5.91 Å². The molecule has 8 rings (SSSR count). The molecular weight excluding hydrogens is 936 g/mol. The first-order chi connectivity index (χ1) is 33.5. The van der Waals surface area contributed by atoms with E-state index in [2.05, 4.69) is 64.5 Å². The monoisotopic (exact) mass is 1000 g/mol. The number of aliphatic hydroxyl groups is 1. The van der Waals surface area contributed by atoms with Crippen molar-refractivity contribution >= 4 is 46.6 Å². The van der Waals surface area contributed by atoms with Gasteiger partial charge in [0.1, 0.15) is 30.0 Å². The van der Waals surface area contributed by atoms with Crippen LogP contribution in [0.15, 0.2) is 72.2 Å². The van der Waals surface area contributed by atoms with Crippen LogP contribution in [0.2, 0.25) is 5.02 Å². The highest BCUT2D eigenvalue weighted by Crippen LogP contribution is 2.55. The molecule has 3 aliphatic heterocycles. The minimum absolute atomic E-state index is 0.0146. The maximum atomic E-state index is 14.3. The lowest BCUT2D eigenvalue weighted by atomic mass is 9.49. The van der Waals surface area contributed by atoms with Gasteiger partial charge >= 0.3 is 0 Å². The van der Waals surface area contributed by atoms with E-state index in [0.717, 1.165) is 60.6 Å². The van der Waals surface area contributed by atoms with Crippen LogP contribution >= 0.6 is 22.9 Å². The predicted molar refractivity (Wildman–Crippen MR) is 276 cm³/mol. The number of hydrogen-bond donors (Lipinski definition) is 4. The number of piperazine rings is 1. The number of benzene rings is 3. The number of halogens is 1. The second-order valence-electron chi connectivity index (χ2n) is 22.5. The zero-order valence-corrected chi connectivity index (χ0v) is 44.0. The number of carbonyl (C=O) groups excluding carboxylic acids is 4. The Morgan fingerprint density at radius 1 is 0.944 bits per heavy atom. The number of amides is 4. The minimum Gasteiger partial charge on any atom is -0.489 e. The molecule has 4 aliphatic rings. The number of rotatable bonds is 16. The Morgan fingerprint density at radius 3 is 2.23 bits per heavy atom. The number of carbonyl (C=O) groups is 4. The molecule has 0 radical (unpaired) electrons. The number of nitrogens with zero attached hydrogens (tertiary/aromatic N) is 5. The maximum Gasteiger partial charge on any atom is 0.251 e. The summed E-state index contributed by atoms with van der Waals surface area (Å²) >= 11 is 7.85. The number of hydrogen-bond acceptors (Lipinski definition) is 11. The van der Waals surface area contributed by atoms with Gasteiger partial charge in [-0.3, -0.25) is 29.0 Å². The molecule has 378 valence electrons. The molecule has 0 spiro atoms. The van der Waals surface area contributed by atoms with Crippen molar-refractivity contribution in [1.82, 2.24) is 35.6 Å². The molecule has 71 heavy (non-hydrogen) atoms. The molecule has 3 aromatic carbocycles. The topological polar surface area (TPSA) is 180 Å². The number of ether oxygens (including phenoxy) is 1. The largest absolute Gasteiger partial charge is 0.489 e. The van der Waals surface area contributed by atoms with E-state index in [4.69, 9.17) is 16.3 Å². The molecule has 3 saturated heterocycles. The third kappa shape index (κ3) is 11.0. The fraction of sp³-hybridized carbons (Fsp3) is 0.527. The number of aryl methyl sites for hydroxylation is 2. The Labute approximate surface area is 427 Å². The van der Waals surface area contributed by atoms with Gasteiger partial charge < -0.3 is 30.7 Å². The second-order valence-corrected chi connectivity index (χ2v) is 23.7. The third-order valence-electron chi connectivity index (χ3n) is 15.4. The van der Waals surface area contributed by atoms with Crippen molar-refractivity contribution in [2.45, 2.75) is 136 Å². The smallest absolute Gasteiger partial charge is 0.251 e. The van der Waals surface area contributed by atoms with Gasteiger partial charge in [0.2, 0.25) is 17.7 Å². The van der Waals surface area contributed by atoms with E-state index in [1.807, 2.05) is 88.7 Å². The van der Waals surface area contributed by atoms with Crippen molar-refractivity contribution in [3.8, 4) is 22.3 Å². The van der Waals surface area contributed by atoms with Gasteiger partial charge in [0, 0.05) is 66.6 Å². The zero-order chi connectivity index (χ0) is 51.2. The molecular formula is C55H69ClN8O6S. The van der Waals surface area contributed by atoms with Crippen LogP contribution in [0.5, 0.6) is 5.75 Å². The summed E-state index contributed by atoms with van der Waals surface area (Å²) in [5.74, 6) is -0.478. The van der Waals surface area contributed by atoms with Gasteiger partial charge in [-0.2, -0.15) is 5.26 Å². The van der Waals surface area contributed by atoms with Gasteiger partial charge in [0.05, 0.1) is 45.4 Å². The van der Waals surface area contributed by atoms with E-state index in [9.17, 15) is 29.5 Å². The standard InChI is InChI=1S/C55H69ClN8O6S/c1-32(35-16-18-36(19-17-35)46-33(2)58-31-71-46)59-49(68)44-24-41(65)29-64(44)50(69)47(53(3,4)5)60-45(66)30-63-28-39-23-40(63)27-62(39)22-10-11-34-12-14-37(15-13-34)48(67)61-51-54(6,7)52(55(51,8)9)70-42-21-20-38(26-57)43(56)25-42/h12-21,25,31-32,39-41,44,47,51-52,65H,10-11,22-24,27-30H2,1-9H3,(H,59,68)(H,60,66)(H,61,67)/t32-,39-,40-,41+,44?,47+,51-,52-/m0/s1. The SMILES string of the molecule is Cc1ncsc1-c1ccc([C@H](C)NC(=O)C2C[C@@H](O)CN2C(=O)[C@@H](NC(=O)CN2C[C@@H]3C[C@H]2CN3CCCc2ccc(C(=O)N[C@H]3C(C)(C)[C@H](Oc4ccc(C#N)c(Cl)c4)C3(C)C)cc2)C(C)(C)C)cc1. The van der Waals surface area contributed by atoms with Crippen LogP contribution in [0.1, 0.15) is 113 Å². The molecule has 1 aromatic heterocycles. The Bertz CT molecular complexity index is 2640. The summed E-state index contributed by atoms with van der Waals surface area (Å²) in [6.45, 7) is 20.7. The molecule has 6 atom stereocenters. The fourth-order valence-corrected chi connectivity index (χ4v) is 12.8. The highest BCUT2D eigenvalue weighted by molar-refractivity contribution is 7.13. The number of aliphatic hydroxyl groups excluding tert-OH is 1. The molecule has 4 heterocycles. The van der Waals surface area contributed by atoms with Gasteiger partial charge in [-0.1, -0.05) is 96.5 Å². The Balaban J connectivity index is 0.777. The first kappa shape index (κ1) is 52.0. The fourth-order valence-electron chi connectivity index (χ4n) is 11.8. The normalized spacial score (nSPS) is 24.4. The lowest BCUT2D eigenvalue weighted by Gasteiger charge is -2.63. The van der Waals surface area contributed by atoms with E-state index < -0.39 is 23.6 Å². The van der Waals surface area contributed by atoms with Crippen LogP contribution in [0.3, 0.4) is 0 Å². The van der Waals surface area contributed by atoms with Crippen molar-refractivity contribution in [2.24, 2.45) is 16.2 Å². The first-order valence-electron chi connectivity index (χ1n) is 24.9. The third-order valence-corrected chi connectivity index (χ3v) is 16.7. The minimum atomic E-state index is -0.895. The Morgan fingerprint density at radius 2 is 1.62 bits per heavy atom. The van der Waals surface area contributed by atoms with Crippen LogP contribution in [-0.2, 0) is 20.8 Å². The molecule has 16 heteroatoms. The first-order valence-corrected chi connectivity index (χ1v) is 26.1. The summed E-state index contributed by atoms with van der Waals surface area (Å²) in [4.78, 5) is 67.0. The quantitative estimate of drug-likeness (QED) is 0.0889. The molecule has 1 aliphatic carbocycles. The summed E-state index contributed by atoms with van der Waals surface area (Å²) in [5, 5.41) is 29.7. The molecule has 2 bridgehead atoms. The molecule has 4 N–H and O–H groups in total. The molecule has 1 saturated carbocycles. The van der Waals surface area contributed by atoms with Crippen molar-refractivity contribution in [3.05, 3.63) is 105 Å². The second kappa shape index (κ2) is 20.6. The highest BCUT2D eigenvalue weighted by atomic mass is 35.5. The summed E-state index contributed by atoms with van der Waals surface area (Å²) in [6.07, 6.45) is 1.90. The number of aromatic nitrogens is 1. The lowest BCUT2D eigenvalue weighted by molar-refractivity contribution is -0.164. The summed E-state index contributed by atoms with van der Waals surface area (Å²) in [5.41, 5.74) is 5.56. The van der Waals surface area contributed by atoms with E-state index in [-0.39, 0.29) is 78.2 Å². The van der Waals surface area contributed by atoms with Gasteiger partial charge in [-0.05, 0) is 86.0 Å².